The van der Waals surface area contributed by atoms with Crippen LogP contribution in [0.25, 0.3) is 0 Å². The summed E-state index contributed by atoms with van der Waals surface area (Å²) < 4.78 is 39.1. The Morgan fingerprint density at radius 1 is 1.00 bits per heavy atom. The molecule has 1 aliphatic rings. The SMILES string of the molecule is COc1cc2c(cc1OC)[C@@H](C(=O)Nc1ccc(F)cc1Cl)[C@@H](c1ccccc1F)N(C)C2=O. The zero-order valence-corrected chi connectivity index (χ0v) is 19.3. The summed E-state index contributed by atoms with van der Waals surface area (Å²) in [6, 6.07) is 11.6. The van der Waals surface area contributed by atoms with Crippen LogP contribution in [0, 0.1) is 11.6 Å². The molecule has 1 heterocycles. The van der Waals surface area contributed by atoms with Crippen molar-refractivity contribution in [3.63, 3.8) is 0 Å². The highest BCUT2D eigenvalue weighted by molar-refractivity contribution is 6.33. The second kappa shape index (κ2) is 9.30. The molecule has 0 radical (unpaired) electrons. The second-order valence-corrected chi connectivity index (χ2v) is 8.18. The number of fused-ring (bicyclic) bond motifs is 1. The molecule has 0 aliphatic carbocycles. The summed E-state index contributed by atoms with van der Waals surface area (Å²) in [4.78, 5) is 28.3. The number of nitrogens with one attached hydrogen (secondary N) is 1. The van der Waals surface area contributed by atoms with E-state index in [0.29, 0.717) is 17.1 Å². The number of nitrogens with zero attached hydrogens (tertiary/aromatic N) is 1. The molecular formula is C25H21ClF2N2O4. The number of benzene rings is 3. The van der Waals surface area contributed by atoms with E-state index >= 15 is 0 Å². The number of likely N-dealkylation sites (N-methyl/N-ethyl adjacent to an activating group) is 1. The van der Waals surface area contributed by atoms with Gasteiger partial charge < -0.3 is 19.7 Å². The molecule has 1 aliphatic heterocycles. The molecule has 0 unspecified atom stereocenters. The fraction of sp³-hybridized carbons (Fsp3) is 0.200. The molecule has 6 nitrogen and oxygen atoms in total. The Labute approximate surface area is 200 Å². The van der Waals surface area contributed by atoms with E-state index in [1.165, 1.54) is 56.5 Å². The first-order valence-corrected chi connectivity index (χ1v) is 10.7. The summed E-state index contributed by atoms with van der Waals surface area (Å²) in [6.45, 7) is 0. The molecule has 0 saturated carbocycles. The normalized spacial score (nSPS) is 17.2. The first-order chi connectivity index (χ1) is 16.3. The van der Waals surface area contributed by atoms with Crippen molar-refractivity contribution in [3.05, 3.63) is 87.9 Å². The number of anilines is 1. The van der Waals surface area contributed by atoms with Crippen LogP contribution >= 0.6 is 11.6 Å². The number of hydrogen-bond donors (Lipinski definition) is 1. The summed E-state index contributed by atoms with van der Waals surface area (Å²) in [5.41, 5.74) is 0.911. The fourth-order valence-corrected chi connectivity index (χ4v) is 4.45. The number of carbonyl (C=O) groups is 2. The largest absolute Gasteiger partial charge is 0.493 e. The fourth-order valence-electron chi connectivity index (χ4n) is 4.24. The molecule has 1 N–H and O–H groups in total. The van der Waals surface area contributed by atoms with Crippen LogP contribution in [0.15, 0.2) is 54.6 Å². The Bertz CT molecular complexity index is 1280. The van der Waals surface area contributed by atoms with Crippen molar-refractivity contribution >= 4 is 29.1 Å². The van der Waals surface area contributed by atoms with Crippen molar-refractivity contribution in [2.75, 3.05) is 26.6 Å². The molecule has 3 aromatic carbocycles. The van der Waals surface area contributed by atoms with Crippen LogP contribution in [0.4, 0.5) is 14.5 Å². The molecule has 0 spiro atoms. The quantitative estimate of drug-likeness (QED) is 0.539. The van der Waals surface area contributed by atoms with Gasteiger partial charge in [-0.05, 0) is 42.0 Å². The average molecular weight is 487 g/mol. The van der Waals surface area contributed by atoms with Gasteiger partial charge in [0, 0.05) is 18.2 Å². The van der Waals surface area contributed by atoms with E-state index in [9.17, 15) is 18.4 Å². The lowest BCUT2D eigenvalue weighted by Crippen LogP contribution is -2.44. The van der Waals surface area contributed by atoms with Crippen LogP contribution in [0.1, 0.15) is 33.4 Å². The van der Waals surface area contributed by atoms with Crippen molar-refractivity contribution in [2.24, 2.45) is 0 Å². The Kier molecular flexibility index (Phi) is 6.43. The minimum atomic E-state index is -1.05. The number of ether oxygens (including phenoxy) is 2. The van der Waals surface area contributed by atoms with Crippen molar-refractivity contribution in [3.8, 4) is 11.5 Å². The number of rotatable bonds is 5. The van der Waals surface area contributed by atoms with Crippen molar-refractivity contribution in [2.45, 2.75) is 12.0 Å². The van der Waals surface area contributed by atoms with Gasteiger partial charge in [-0.2, -0.15) is 0 Å². The Hall–Kier alpha value is -3.65. The van der Waals surface area contributed by atoms with E-state index in [-0.39, 0.29) is 21.8 Å². The number of hydrogen-bond acceptors (Lipinski definition) is 4. The van der Waals surface area contributed by atoms with Crippen LogP contribution < -0.4 is 14.8 Å². The summed E-state index contributed by atoms with van der Waals surface area (Å²) in [5, 5.41) is 2.70. The topological polar surface area (TPSA) is 67.9 Å². The molecular weight excluding hydrogens is 466 g/mol. The highest BCUT2D eigenvalue weighted by atomic mass is 35.5. The lowest BCUT2D eigenvalue weighted by molar-refractivity contribution is -0.119. The van der Waals surface area contributed by atoms with E-state index in [2.05, 4.69) is 5.32 Å². The minimum absolute atomic E-state index is 0.00330. The first kappa shape index (κ1) is 23.5. The Morgan fingerprint density at radius 2 is 1.68 bits per heavy atom. The molecule has 3 aromatic rings. The van der Waals surface area contributed by atoms with Crippen LogP contribution in [0.5, 0.6) is 11.5 Å². The van der Waals surface area contributed by atoms with Crippen LogP contribution in [0.2, 0.25) is 5.02 Å². The predicted octanol–water partition coefficient (Wildman–Crippen LogP) is 5.18. The number of carbonyl (C=O) groups excluding carboxylic acids is 2. The second-order valence-electron chi connectivity index (χ2n) is 7.77. The Balaban J connectivity index is 1.91. The van der Waals surface area contributed by atoms with Gasteiger partial charge in [0.15, 0.2) is 11.5 Å². The monoisotopic (exact) mass is 486 g/mol. The third-order valence-electron chi connectivity index (χ3n) is 5.87. The number of methoxy groups -OCH3 is 2. The molecule has 2 atom stereocenters. The summed E-state index contributed by atoms with van der Waals surface area (Å²) in [6.07, 6.45) is 0. The number of amides is 2. The zero-order valence-electron chi connectivity index (χ0n) is 18.6. The Morgan fingerprint density at radius 3 is 2.32 bits per heavy atom. The van der Waals surface area contributed by atoms with E-state index in [1.54, 1.807) is 12.1 Å². The van der Waals surface area contributed by atoms with E-state index in [4.69, 9.17) is 21.1 Å². The van der Waals surface area contributed by atoms with Gasteiger partial charge in [0.2, 0.25) is 5.91 Å². The maximum atomic E-state index is 14.9. The molecule has 4 rings (SSSR count). The molecule has 9 heteroatoms. The predicted molar refractivity (Wildman–Crippen MR) is 124 cm³/mol. The minimum Gasteiger partial charge on any atom is -0.493 e. The first-order valence-electron chi connectivity index (χ1n) is 10.3. The van der Waals surface area contributed by atoms with Gasteiger partial charge in [0.05, 0.1) is 36.9 Å². The van der Waals surface area contributed by atoms with Crippen molar-refractivity contribution in [1.82, 2.24) is 4.90 Å². The van der Waals surface area contributed by atoms with Crippen LogP contribution in [0.3, 0.4) is 0 Å². The molecule has 0 aromatic heterocycles. The lowest BCUT2D eigenvalue weighted by Gasteiger charge is -2.40. The molecule has 176 valence electrons. The van der Waals surface area contributed by atoms with Crippen molar-refractivity contribution < 1.29 is 27.8 Å². The summed E-state index contributed by atoms with van der Waals surface area (Å²) >= 11 is 6.11. The van der Waals surface area contributed by atoms with Gasteiger partial charge in [-0.1, -0.05) is 29.8 Å². The van der Waals surface area contributed by atoms with E-state index < -0.39 is 35.4 Å². The lowest BCUT2D eigenvalue weighted by atomic mass is 9.79. The van der Waals surface area contributed by atoms with Gasteiger partial charge in [-0.3, -0.25) is 9.59 Å². The smallest absolute Gasteiger partial charge is 0.254 e. The third-order valence-corrected chi connectivity index (χ3v) is 6.18. The van der Waals surface area contributed by atoms with Crippen molar-refractivity contribution in [1.29, 1.82) is 0 Å². The number of halogens is 3. The average Bonchev–Trinajstić information content (AvgIpc) is 2.82. The molecule has 34 heavy (non-hydrogen) atoms. The maximum Gasteiger partial charge on any atom is 0.254 e. The highest BCUT2D eigenvalue weighted by Gasteiger charge is 2.44. The van der Waals surface area contributed by atoms with E-state index in [1.807, 2.05) is 0 Å². The van der Waals surface area contributed by atoms with Gasteiger partial charge in [0.1, 0.15) is 11.6 Å². The zero-order chi connectivity index (χ0) is 24.6. The summed E-state index contributed by atoms with van der Waals surface area (Å²) in [5.74, 6) is -2.51. The third kappa shape index (κ3) is 4.05. The van der Waals surface area contributed by atoms with Gasteiger partial charge >= 0.3 is 0 Å². The molecule has 0 fully saturated rings. The van der Waals surface area contributed by atoms with Gasteiger partial charge in [-0.25, -0.2) is 8.78 Å². The van der Waals surface area contributed by atoms with Gasteiger partial charge in [-0.15, -0.1) is 0 Å². The highest BCUT2D eigenvalue weighted by Crippen LogP contribution is 2.46. The molecule has 0 saturated heterocycles. The maximum absolute atomic E-state index is 14.9. The van der Waals surface area contributed by atoms with E-state index in [0.717, 1.165) is 12.1 Å². The van der Waals surface area contributed by atoms with Crippen LogP contribution in [-0.2, 0) is 4.79 Å². The van der Waals surface area contributed by atoms with Gasteiger partial charge in [0.25, 0.3) is 5.91 Å². The molecule has 2 amide bonds. The van der Waals surface area contributed by atoms with Crippen LogP contribution in [-0.4, -0.2) is 38.0 Å². The summed E-state index contributed by atoms with van der Waals surface area (Å²) in [7, 11) is 4.37. The standard InChI is InChI=1S/C25H21ClF2N2O4/c1-30-23(14-6-4-5-7-18(14)28)22(24(31)29-19-9-8-13(27)10-17(19)26)15-11-20(33-2)21(34-3)12-16(15)25(30)32/h4-12,22-23H,1-3H3,(H,29,31)/t22-,23-/m1/s1. The molecule has 0 bridgehead atoms.